The summed E-state index contributed by atoms with van der Waals surface area (Å²) < 4.78 is 0. The molecule has 4 heteroatoms. The molecule has 15 heavy (non-hydrogen) atoms. The molecule has 0 atom stereocenters. The van der Waals surface area contributed by atoms with Gasteiger partial charge in [0.1, 0.15) is 0 Å². The van der Waals surface area contributed by atoms with Crippen molar-refractivity contribution in [1.82, 2.24) is 4.90 Å². The number of unbranched alkanes of at least 4 members (excludes halogenated alkanes) is 1. The summed E-state index contributed by atoms with van der Waals surface area (Å²) in [5, 5.41) is 9.68. The van der Waals surface area contributed by atoms with Crippen molar-refractivity contribution in [3.8, 4) is 0 Å². The molecule has 0 aliphatic rings. The molecule has 0 aromatic heterocycles. The number of aliphatic hydroxyl groups is 1. The molecule has 0 aromatic rings. The van der Waals surface area contributed by atoms with E-state index >= 15 is 0 Å². The van der Waals surface area contributed by atoms with Crippen molar-refractivity contribution in [3.05, 3.63) is 0 Å². The van der Waals surface area contributed by atoms with Crippen LogP contribution >= 0.6 is 12.2 Å². The summed E-state index contributed by atoms with van der Waals surface area (Å²) in [7, 11) is 0. The Labute approximate surface area is 98.6 Å². The van der Waals surface area contributed by atoms with Gasteiger partial charge in [-0.1, -0.05) is 19.1 Å². The van der Waals surface area contributed by atoms with Crippen molar-refractivity contribution in [2.45, 2.75) is 45.6 Å². The van der Waals surface area contributed by atoms with Gasteiger partial charge in [0.2, 0.25) is 0 Å². The molecule has 3 N–H and O–H groups in total. The number of thiocarbonyl (C=S) groups is 1. The van der Waals surface area contributed by atoms with Crippen LogP contribution < -0.4 is 5.73 Å². The van der Waals surface area contributed by atoms with Gasteiger partial charge >= 0.3 is 0 Å². The van der Waals surface area contributed by atoms with Crippen LogP contribution in [0.1, 0.15) is 40.0 Å². The first kappa shape index (κ1) is 14.8. The highest BCUT2D eigenvalue weighted by Crippen LogP contribution is 2.06. The molecule has 0 heterocycles. The molecule has 0 radical (unpaired) electrons. The Hall–Kier alpha value is -0.190. The number of rotatable bonds is 8. The first-order valence-corrected chi connectivity index (χ1v) is 5.99. The zero-order chi connectivity index (χ0) is 11.9. The van der Waals surface area contributed by atoms with Crippen LogP contribution in [0.3, 0.4) is 0 Å². The Balaban J connectivity index is 3.67. The Kier molecular flexibility index (Phi) is 7.05. The Morgan fingerprint density at radius 1 is 1.40 bits per heavy atom. The summed E-state index contributed by atoms with van der Waals surface area (Å²) in [5.41, 5.74) is 4.81. The molecule has 0 fully saturated rings. The smallest absolute Gasteiger partial charge is 0.0727 e. The van der Waals surface area contributed by atoms with Crippen LogP contribution in [0.15, 0.2) is 0 Å². The summed E-state index contributed by atoms with van der Waals surface area (Å²) in [6.07, 6.45) is 2.95. The third-order valence-corrected chi connectivity index (χ3v) is 2.41. The molecule has 0 aliphatic carbocycles. The summed E-state index contributed by atoms with van der Waals surface area (Å²) in [6, 6.07) is 0. The van der Waals surface area contributed by atoms with E-state index in [1.54, 1.807) is 0 Å². The van der Waals surface area contributed by atoms with Crippen LogP contribution in [0, 0.1) is 0 Å². The number of nitrogens with zero attached hydrogens (tertiary/aromatic N) is 1. The Bertz CT molecular complexity index is 190. The summed E-state index contributed by atoms with van der Waals surface area (Å²) in [4.78, 5) is 2.85. The molecule has 0 rings (SSSR count). The van der Waals surface area contributed by atoms with Crippen LogP contribution in [0.4, 0.5) is 0 Å². The van der Waals surface area contributed by atoms with Gasteiger partial charge < -0.3 is 15.7 Å². The van der Waals surface area contributed by atoms with E-state index in [1.807, 2.05) is 13.8 Å². The second-order valence-electron chi connectivity index (χ2n) is 4.60. The van der Waals surface area contributed by atoms with E-state index in [4.69, 9.17) is 18.0 Å². The maximum absolute atomic E-state index is 9.68. The van der Waals surface area contributed by atoms with Gasteiger partial charge in [0.25, 0.3) is 0 Å². The number of likely N-dealkylation sites (N-methyl/N-ethyl adjacent to an activating group) is 1. The van der Waals surface area contributed by atoms with E-state index in [2.05, 4.69) is 11.8 Å². The van der Waals surface area contributed by atoms with Gasteiger partial charge in [0.05, 0.1) is 10.6 Å². The molecule has 0 amide bonds. The van der Waals surface area contributed by atoms with Crippen molar-refractivity contribution in [3.63, 3.8) is 0 Å². The molecular formula is C11H24N2OS. The summed E-state index contributed by atoms with van der Waals surface area (Å²) in [6.45, 7) is 8.48. The number of nitrogens with two attached hydrogens (primary N) is 1. The van der Waals surface area contributed by atoms with Crippen molar-refractivity contribution >= 4 is 17.2 Å². The maximum atomic E-state index is 9.68. The first-order valence-electron chi connectivity index (χ1n) is 5.58. The quantitative estimate of drug-likeness (QED) is 0.492. The first-order chi connectivity index (χ1) is 6.85. The standard InChI is InChI=1S/C11H24N2OS/c1-4-13(9-11(2,3)14)8-6-5-7-10(12)15/h14H,4-9H2,1-3H3,(H2,12,15). The summed E-state index contributed by atoms with van der Waals surface area (Å²) >= 11 is 4.81. The second kappa shape index (κ2) is 7.14. The lowest BCUT2D eigenvalue weighted by molar-refractivity contribution is 0.0374. The van der Waals surface area contributed by atoms with Crippen LogP contribution in [0.5, 0.6) is 0 Å². The van der Waals surface area contributed by atoms with Crippen LogP contribution in [-0.4, -0.2) is 40.2 Å². The molecule has 3 nitrogen and oxygen atoms in total. The molecule has 0 spiro atoms. The minimum Gasteiger partial charge on any atom is -0.393 e. The number of hydrogen-bond donors (Lipinski definition) is 2. The van der Waals surface area contributed by atoms with E-state index in [9.17, 15) is 5.11 Å². The molecule has 0 aromatic carbocycles. The summed E-state index contributed by atoms with van der Waals surface area (Å²) in [5.74, 6) is 0. The lowest BCUT2D eigenvalue weighted by Crippen LogP contribution is -2.39. The normalized spacial score (nSPS) is 12.1. The highest BCUT2D eigenvalue weighted by Gasteiger charge is 2.16. The van der Waals surface area contributed by atoms with Crippen molar-refractivity contribution < 1.29 is 5.11 Å². The molecule has 0 unspecified atom stereocenters. The van der Waals surface area contributed by atoms with Crippen LogP contribution in [-0.2, 0) is 0 Å². The van der Waals surface area contributed by atoms with E-state index in [0.717, 1.165) is 38.9 Å². The van der Waals surface area contributed by atoms with E-state index < -0.39 is 5.60 Å². The fourth-order valence-corrected chi connectivity index (χ4v) is 1.68. The predicted molar refractivity (Wildman–Crippen MR) is 69.0 cm³/mol. The van der Waals surface area contributed by atoms with Crippen LogP contribution in [0.25, 0.3) is 0 Å². The van der Waals surface area contributed by atoms with Gasteiger partial charge in [-0.05, 0) is 46.2 Å². The Morgan fingerprint density at radius 3 is 2.40 bits per heavy atom. The van der Waals surface area contributed by atoms with Gasteiger partial charge in [0.15, 0.2) is 0 Å². The second-order valence-corrected chi connectivity index (χ2v) is 5.13. The minimum absolute atomic E-state index is 0.598. The Morgan fingerprint density at radius 2 is 2.00 bits per heavy atom. The van der Waals surface area contributed by atoms with E-state index in [0.29, 0.717) is 4.99 Å². The SMILES string of the molecule is CCN(CCCCC(N)=S)CC(C)(C)O. The molecule has 0 saturated carbocycles. The molecule has 0 bridgehead atoms. The minimum atomic E-state index is -0.612. The van der Waals surface area contributed by atoms with E-state index in [1.165, 1.54) is 0 Å². The molecule has 0 saturated heterocycles. The fraction of sp³-hybridized carbons (Fsp3) is 0.909. The molecule has 0 aliphatic heterocycles. The molecule has 90 valence electrons. The average Bonchev–Trinajstić information content (AvgIpc) is 2.08. The highest BCUT2D eigenvalue weighted by atomic mass is 32.1. The van der Waals surface area contributed by atoms with Gasteiger partial charge in [-0.15, -0.1) is 0 Å². The van der Waals surface area contributed by atoms with Crippen molar-refractivity contribution in [2.24, 2.45) is 5.73 Å². The fourth-order valence-electron chi connectivity index (χ4n) is 1.53. The lowest BCUT2D eigenvalue weighted by Gasteiger charge is -2.27. The average molecular weight is 232 g/mol. The van der Waals surface area contributed by atoms with Gasteiger partial charge in [-0.2, -0.15) is 0 Å². The zero-order valence-electron chi connectivity index (χ0n) is 10.1. The third kappa shape index (κ3) is 10.1. The lowest BCUT2D eigenvalue weighted by atomic mass is 10.1. The van der Waals surface area contributed by atoms with E-state index in [-0.39, 0.29) is 0 Å². The predicted octanol–water partition coefficient (Wildman–Crippen LogP) is 1.54. The zero-order valence-corrected chi connectivity index (χ0v) is 10.9. The maximum Gasteiger partial charge on any atom is 0.0727 e. The van der Waals surface area contributed by atoms with Gasteiger partial charge in [-0.25, -0.2) is 0 Å². The van der Waals surface area contributed by atoms with Crippen LogP contribution in [0.2, 0.25) is 0 Å². The van der Waals surface area contributed by atoms with Crippen molar-refractivity contribution in [1.29, 1.82) is 0 Å². The third-order valence-electron chi connectivity index (χ3n) is 2.21. The van der Waals surface area contributed by atoms with Gasteiger partial charge in [-0.3, -0.25) is 0 Å². The van der Waals surface area contributed by atoms with Crippen molar-refractivity contribution in [2.75, 3.05) is 19.6 Å². The molecular weight excluding hydrogens is 208 g/mol. The highest BCUT2D eigenvalue weighted by molar-refractivity contribution is 7.80. The largest absolute Gasteiger partial charge is 0.393 e. The van der Waals surface area contributed by atoms with Gasteiger partial charge in [0, 0.05) is 6.54 Å². The topological polar surface area (TPSA) is 49.5 Å². The monoisotopic (exact) mass is 232 g/mol. The number of hydrogen-bond acceptors (Lipinski definition) is 3.